The van der Waals surface area contributed by atoms with Gasteiger partial charge >= 0.3 is 0 Å². The molecule has 8 nitrogen and oxygen atoms in total. The number of hydrogen-bond donors (Lipinski definition) is 5. The molecule has 1 aliphatic carbocycles. The smallest absolute Gasteiger partial charge is 0.187 e. The Hall–Kier alpha value is -1.13. The summed E-state index contributed by atoms with van der Waals surface area (Å²) in [7, 11) is 0. The summed E-state index contributed by atoms with van der Waals surface area (Å²) in [5.74, 6) is -0.0970. The van der Waals surface area contributed by atoms with Crippen LogP contribution in [0.5, 0.6) is 0 Å². The number of rotatable bonds is 5. The molecule has 0 radical (unpaired) electrons. The van der Waals surface area contributed by atoms with Gasteiger partial charge in [0.1, 0.15) is 30.5 Å². The average Bonchev–Trinajstić information content (AvgIpc) is 2.59. The molecule has 2 rings (SSSR count). The number of allylic oxidation sites excluding steroid dienone is 3. The van der Waals surface area contributed by atoms with Crippen LogP contribution in [0.4, 0.5) is 0 Å². The van der Waals surface area contributed by atoms with Crippen LogP contribution in [0.2, 0.25) is 0 Å². The third-order valence-electron chi connectivity index (χ3n) is 5.30. The SMILES string of the molecule is CC(=O)/C=C/C1=C(C)C(O)C(OC2OC(CO)C(O)C(O)C2O)CC1(C)C. The molecule has 1 saturated heterocycles. The van der Waals surface area contributed by atoms with Gasteiger partial charge in [-0.1, -0.05) is 19.9 Å². The number of hydrogen-bond acceptors (Lipinski definition) is 8. The highest BCUT2D eigenvalue weighted by molar-refractivity contribution is 5.87. The van der Waals surface area contributed by atoms with Gasteiger partial charge in [0.25, 0.3) is 0 Å². The molecule has 0 bridgehead atoms. The highest BCUT2D eigenvalue weighted by Gasteiger charge is 2.47. The number of ether oxygens (including phenoxy) is 2. The second kappa shape index (κ2) is 8.48. The van der Waals surface area contributed by atoms with E-state index < -0.39 is 54.9 Å². The Morgan fingerprint density at radius 3 is 2.41 bits per heavy atom. The minimum absolute atomic E-state index is 0.0970. The number of aliphatic hydroxyl groups excluding tert-OH is 5. The van der Waals surface area contributed by atoms with E-state index in [1.807, 2.05) is 13.8 Å². The van der Waals surface area contributed by atoms with Crippen molar-refractivity contribution in [3.8, 4) is 0 Å². The van der Waals surface area contributed by atoms with Gasteiger partial charge in [-0.3, -0.25) is 4.79 Å². The fourth-order valence-electron chi connectivity index (χ4n) is 3.73. The van der Waals surface area contributed by atoms with Crippen LogP contribution in [0.1, 0.15) is 34.1 Å². The van der Waals surface area contributed by atoms with Crippen LogP contribution in [0, 0.1) is 5.41 Å². The van der Waals surface area contributed by atoms with Crippen LogP contribution in [-0.4, -0.2) is 80.8 Å². The van der Waals surface area contributed by atoms with E-state index in [-0.39, 0.29) is 5.78 Å². The molecule has 2 aliphatic rings. The molecule has 0 aromatic heterocycles. The highest BCUT2D eigenvalue weighted by atomic mass is 16.7. The summed E-state index contributed by atoms with van der Waals surface area (Å²) in [6.45, 7) is 6.54. The third-order valence-corrected chi connectivity index (χ3v) is 5.30. The minimum atomic E-state index is -1.54. The van der Waals surface area contributed by atoms with Gasteiger partial charge in [0.05, 0.1) is 12.7 Å². The van der Waals surface area contributed by atoms with Crippen LogP contribution >= 0.6 is 0 Å². The average molecular weight is 386 g/mol. The van der Waals surface area contributed by atoms with Crippen molar-refractivity contribution in [1.82, 2.24) is 0 Å². The molecule has 7 unspecified atom stereocenters. The van der Waals surface area contributed by atoms with Crippen molar-refractivity contribution >= 4 is 5.78 Å². The first kappa shape index (κ1) is 22.2. The Morgan fingerprint density at radius 2 is 1.85 bits per heavy atom. The predicted octanol–water partition coefficient (Wildman–Crippen LogP) is -0.576. The first-order chi connectivity index (χ1) is 12.5. The van der Waals surface area contributed by atoms with E-state index in [1.54, 1.807) is 13.0 Å². The number of ketones is 1. The van der Waals surface area contributed by atoms with Crippen molar-refractivity contribution in [1.29, 1.82) is 0 Å². The zero-order chi connectivity index (χ0) is 20.5. The summed E-state index contributed by atoms with van der Waals surface area (Å²) in [6.07, 6.45) is -5.14. The lowest BCUT2D eigenvalue weighted by Crippen LogP contribution is -2.60. The van der Waals surface area contributed by atoms with E-state index in [4.69, 9.17) is 9.47 Å². The fraction of sp³-hybridized carbons (Fsp3) is 0.737. The maximum Gasteiger partial charge on any atom is 0.187 e. The lowest BCUT2D eigenvalue weighted by Gasteiger charge is -2.45. The monoisotopic (exact) mass is 386 g/mol. The van der Waals surface area contributed by atoms with E-state index in [0.29, 0.717) is 12.0 Å². The van der Waals surface area contributed by atoms with E-state index in [0.717, 1.165) is 5.57 Å². The molecule has 0 saturated carbocycles. The molecule has 8 heteroatoms. The van der Waals surface area contributed by atoms with E-state index >= 15 is 0 Å². The van der Waals surface area contributed by atoms with Gasteiger partial charge in [0.15, 0.2) is 12.1 Å². The zero-order valence-electron chi connectivity index (χ0n) is 16.1. The third kappa shape index (κ3) is 4.65. The van der Waals surface area contributed by atoms with Gasteiger partial charge < -0.3 is 35.0 Å². The molecule has 0 amide bonds. The van der Waals surface area contributed by atoms with Crippen LogP contribution in [-0.2, 0) is 14.3 Å². The van der Waals surface area contributed by atoms with Crippen LogP contribution in [0.25, 0.3) is 0 Å². The lowest BCUT2D eigenvalue weighted by atomic mass is 9.70. The molecule has 5 N–H and O–H groups in total. The molecule has 7 atom stereocenters. The first-order valence-corrected chi connectivity index (χ1v) is 9.03. The molecule has 1 fully saturated rings. The van der Waals surface area contributed by atoms with Crippen molar-refractivity contribution in [3.05, 3.63) is 23.3 Å². The van der Waals surface area contributed by atoms with E-state index in [9.17, 15) is 30.3 Å². The molecule has 27 heavy (non-hydrogen) atoms. The van der Waals surface area contributed by atoms with Crippen LogP contribution in [0.3, 0.4) is 0 Å². The topological polar surface area (TPSA) is 137 Å². The maximum absolute atomic E-state index is 11.3. The van der Waals surface area contributed by atoms with Crippen LogP contribution in [0.15, 0.2) is 23.3 Å². The summed E-state index contributed by atoms with van der Waals surface area (Å²) < 4.78 is 11.1. The predicted molar refractivity (Wildman–Crippen MR) is 95.6 cm³/mol. The normalized spacial score (nSPS) is 39.8. The second-order valence-electron chi connectivity index (χ2n) is 7.95. The zero-order valence-corrected chi connectivity index (χ0v) is 16.1. The highest BCUT2D eigenvalue weighted by Crippen LogP contribution is 2.43. The Morgan fingerprint density at radius 1 is 1.22 bits per heavy atom. The van der Waals surface area contributed by atoms with Gasteiger partial charge in [-0.2, -0.15) is 0 Å². The summed E-state index contributed by atoms with van der Waals surface area (Å²) in [5.41, 5.74) is 1.05. The summed E-state index contributed by atoms with van der Waals surface area (Å²) >= 11 is 0. The fourth-order valence-corrected chi connectivity index (χ4v) is 3.73. The summed E-state index contributed by atoms with van der Waals surface area (Å²) in [6, 6.07) is 0. The Bertz CT molecular complexity index is 609. The van der Waals surface area contributed by atoms with Gasteiger partial charge in [0, 0.05) is 0 Å². The molecular weight excluding hydrogens is 356 g/mol. The molecular formula is C19H30O8. The van der Waals surface area contributed by atoms with E-state index in [2.05, 4.69) is 0 Å². The van der Waals surface area contributed by atoms with Gasteiger partial charge in [-0.25, -0.2) is 0 Å². The van der Waals surface area contributed by atoms with Crippen molar-refractivity contribution < 1.29 is 39.8 Å². The maximum atomic E-state index is 11.3. The summed E-state index contributed by atoms with van der Waals surface area (Å²) in [4.78, 5) is 11.3. The molecule has 1 heterocycles. The minimum Gasteiger partial charge on any atom is -0.394 e. The number of aliphatic hydroxyl groups is 5. The standard InChI is InChI=1S/C19H30O8/c1-9(21)5-6-11-10(2)14(22)12(7-19(11,3)4)26-18-17(25)16(24)15(23)13(8-20)27-18/h5-6,12-18,20,22-25H,7-8H2,1-4H3/b6-5+. The van der Waals surface area contributed by atoms with Gasteiger partial charge in [-0.05, 0) is 42.9 Å². The lowest BCUT2D eigenvalue weighted by molar-refractivity contribution is -0.318. The number of carbonyl (C=O) groups excluding carboxylic acids is 1. The van der Waals surface area contributed by atoms with E-state index in [1.165, 1.54) is 13.0 Å². The van der Waals surface area contributed by atoms with Crippen molar-refractivity contribution in [2.75, 3.05) is 6.61 Å². The second-order valence-corrected chi connectivity index (χ2v) is 7.95. The number of carbonyl (C=O) groups is 1. The Labute approximate surface area is 158 Å². The Balaban J connectivity index is 2.22. The van der Waals surface area contributed by atoms with Crippen LogP contribution < -0.4 is 0 Å². The van der Waals surface area contributed by atoms with Gasteiger partial charge in [0.2, 0.25) is 0 Å². The van der Waals surface area contributed by atoms with Gasteiger partial charge in [-0.15, -0.1) is 0 Å². The molecule has 1 aliphatic heterocycles. The largest absolute Gasteiger partial charge is 0.394 e. The molecule has 0 aromatic carbocycles. The van der Waals surface area contributed by atoms with Crippen molar-refractivity contribution in [2.24, 2.45) is 5.41 Å². The van der Waals surface area contributed by atoms with Crippen molar-refractivity contribution in [2.45, 2.75) is 77.0 Å². The summed E-state index contributed by atoms with van der Waals surface area (Å²) in [5, 5.41) is 49.8. The van der Waals surface area contributed by atoms with Crippen molar-refractivity contribution in [3.63, 3.8) is 0 Å². The molecule has 0 aromatic rings. The molecule has 154 valence electrons. The quantitative estimate of drug-likeness (QED) is 0.396. The molecule has 0 spiro atoms. The Kier molecular flexibility index (Phi) is 6.96. The first-order valence-electron chi connectivity index (χ1n) is 9.03.